The molecular weight excluding hydrogens is 382 g/mol. The molecule has 2 aromatic carbocycles. The molecule has 0 N–H and O–H groups in total. The van der Waals surface area contributed by atoms with Gasteiger partial charge in [0, 0.05) is 13.5 Å². The molecule has 0 bridgehead atoms. The monoisotopic (exact) mass is 407 g/mol. The molecule has 156 valence electrons. The van der Waals surface area contributed by atoms with Crippen molar-refractivity contribution in [3.63, 3.8) is 0 Å². The highest BCUT2D eigenvalue weighted by molar-refractivity contribution is 5.82. The Kier molecular flexibility index (Phi) is 6.61. The molecule has 0 radical (unpaired) electrons. The Labute approximate surface area is 174 Å². The Bertz CT molecular complexity index is 1110. The van der Waals surface area contributed by atoms with Crippen molar-refractivity contribution in [1.29, 1.82) is 0 Å². The number of fused-ring (bicyclic) bond motifs is 1. The Morgan fingerprint density at radius 1 is 1.07 bits per heavy atom. The van der Waals surface area contributed by atoms with Gasteiger partial charge in [-0.1, -0.05) is 30.3 Å². The van der Waals surface area contributed by atoms with Gasteiger partial charge < -0.3 is 9.64 Å². The molecule has 3 rings (SSSR count). The van der Waals surface area contributed by atoms with Crippen LogP contribution in [0.4, 0.5) is 0 Å². The van der Waals surface area contributed by atoms with E-state index in [1.54, 1.807) is 36.7 Å². The summed E-state index contributed by atoms with van der Waals surface area (Å²) in [5.41, 5.74) is 1.06. The van der Waals surface area contributed by atoms with E-state index in [9.17, 15) is 14.4 Å². The first-order valence-corrected chi connectivity index (χ1v) is 9.92. The van der Waals surface area contributed by atoms with E-state index < -0.39 is 12.0 Å². The molecule has 1 amide bonds. The average molecular weight is 407 g/mol. The Balaban J connectivity index is 2.00. The Morgan fingerprint density at radius 3 is 2.43 bits per heavy atom. The molecule has 1 heterocycles. The first-order chi connectivity index (χ1) is 14.4. The number of esters is 1. The molecule has 0 aliphatic heterocycles. The van der Waals surface area contributed by atoms with Crippen molar-refractivity contribution in [3.8, 4) is 5.69 Å². The first kappa shape index (κ1) is 21.2. The molecule has 1 unspecified atom stereocenters. The second-order valence-electron chi connectivity index (χ2n) is 6.95. The van der Waals surface area contributed by atoms with Gasteiger partial charge in [0.15, 0.2) is 0 Å². The number of carbonyl (C=O) groups is 2. The van der Waals surface area contributed by atoms with Gasteiger partial charge in [-0.3, -0.25) is 19.0 Å². The average Bonchev–Trinajstić information content (AvgIpc) is 2.77. The number of hydrogen-bond donors (Lipinski definition) is 0. The molecule has 1 aromatic heterocycles. The molecule has 0 saturated heterocycles. The van der Waals surface area contributed by atoms with Crippen LogP contribution in [-0.2, 0) is 14.3 Å². The zero-order valence-corrected chi connectivity index (χ0v) is 17.4. The van der Waals surface area contributed by atoms with Gasteiger partial charge in [0.1, 0.15) is 5.82 Å². The second kappa shape index (κ2) is 9.35. The van der Waals surface area contributed by atoms with Crippen LogP contribution in [0, 0.1) is 0 Å². The van der Waals surface area contributed by atoms with Crippen LogP contribution in [0.2, 0.25) is 0 Å². The van der Waals surface area contributed by atoms with Crippen LogP contribution in [0.3, 0.4) is 0 Å². The summed E-state index contributed by atoms with van der Waals surface area (Å²) >= 11 is 0. The van der Waals surface area contributed by atoms with Crippen LogP contribution >= 0.6 is 0 Å². The van der Waals surface area contributed by atoms with Crippen molar-refractivity contribution >= 4 is 22.8 Å². The number of para-hydroxylation sites is 2. The van der Waals surface area contributed by atoms with E-state index in [-0.39, 0.29) is 30.9 Å². The maximum Gasteiger partial charge on any atom is 0.306 e. The predicted molar refractivity (Wildman–Crippen MR) is 114 cm³/mol. The molecule has 0 aliphatic rings. The van der Waals surface area contributed by atoms with Gasteiger partial charge >= 0.3 is 5.97 Å². The zero-order valence-electron chi connectivity index (χ0n) is 17.4. The summed E-state index contributed by atoms with van der Waals surface area (Å²) in [5, 5.41) is 0.508. The van der Waals surface area contributed by atoms with E-state index in [4.69, 9.17) is 9.72 Å². The van der Waals surface area contributed by atoms with Gasteiger partial charge in [0.25, 0.3) is 5.56 Å². The van der Waals surface area contributed by atoms with Crippen molar-refractivity contribution < 1.29 is 14.3 Å². The second-order valence-corrected chi connectivity index (χ2v) is 6.95. The summed E-state index contributed by atoms with van der Waals surface area (Å²) in [6, 6.07) is 15.9. The van der Waals surface area contributed by atoms with Gasteiger partial charge in [-0.15, -0.1) is 0 Å². The number of hydrogen-bond acceptors (Lipinski definition) is 5. The van der Waals surface area contributed by atoms with Crippen LogP contribution in [0.15, 0.2) is 59.4 Å². The van der Waals surface area contributed by atoms with Gasteiger partial charge in [0.2, 0.25) is 5.91 Å². The summed E-state index contributed by atoms with van der Waals surface area (Å²) in [7, 11) is 1.65. The fourth-order valence-electron chi connectivity index (χ4n) is 3.26. The van der Waals surface area contributed by atoms with Crippen LogP contribution in [0.5, 0.6) is 0 Å². The molecule has 0 spiro atoms. The summed E-state index contributed by atoms with van der Waals surface area (Å²) in [5.74, 6) is -0.175. The number of benzene rings is 2. The number of rotatable bonds is 7. The van der Waals surface area contributed by atoms with Crippen molar-refractivity contribution in [2.75, 3.05) is 13.7 Å². The van der Waals surface area contributed by atoms with Gasteiger partial charge in [0.05, 0.1) is 35.7 Å². The van der Waals surface area contributed by atoms with E-state index in [1.807, 2.05) is 43.3 Å². The van der Waals surface area contributed by atoms with E-state index >= 15 is 0 Å². The highest BCUT2D eigenvalue weighted by atomic mass is 16.5. The lowest BCUT2D eigenvalue weighted by atomic mass is 10.1. The molecule has 7 nitrogen and oxygen atoms in total. The molecule has 3 aromatic rings. The van der Waals surface area contributed by atoms with E-state index in [2.05, 4.69) is 0 Å². The van der Waals surface area contributed by atoms with Crippen LogP contribution < -0.4 is 5.56 Å². The van der Waals surface area contributed by atoms with Crippen LogP contribution in [0.1, 0.15) is 38.6 Å². The molecule has 1 atom stereocenters. The fourth-order valence-corrected chi connectivity index (χ4v) is 3.26. The normalized spacial score (nSPS) is 11.8. The minimum absolute atomic E-state index is 0.0143. The molecule has 0 fully saturated rings. The van der Waals surface area contributed by atoms with E-state index in [1.165, 1.54) is 4.90 Å². The molecule has 30 heavy (non-hydrogen) atoms. The minimum Gasteiger partial charge on any atom is -0.466 e. The quantitative estimate of drug-likeness (QED) is 0.562. The third kappa shape index (κ3) is 4.40. The lowest BCUT2D eigenvalue weighted by Crippen LogP contribution is -2.35. The van der Waals surface area contributed by atoms with Crippen LogP contribution in [0.25, 0.3) is 16.6 Å². The zero-order chi connectivity index (χ0) is 21.7. The van der Waals surface area contributed by atoms with Crippen molar-refractivity contribution in [2.45, 2.75) is 32.7 Å². The maximum atomic E-state index is 13.3. The van der Waals surface area contributed by atoms with Crippen molar-refractivity contribution in [1.82, 2.24) is 14.5 Å². The Morgan fingerprint density at radius 2 is 1.73 bits per heavy atom. The molecule has 0 aliphatic carbocycles. The third-order valence-corrected chi connectivity index (χ3v) is 5.01. The van der Waals surface area contributed by atoms with Gasteiger partial charge in [-0.05, 0) is 38.1 Å². The number of aromatic nitrogens is 2. The summed E-state index contributed by atoms with van der Waals surface area (Å²) in [6.45, 7) is 3.82. The van der Waals surface area contributed by atoms with Crippen LogP contribution in [-0.4, -0.2) is 40.0 Å². The number of nitrogens with zero attached hydrogens (tertiary/aromatic N) is 3. The largest absolute Gasteiger partial charge is 0.466 e. The fraction of sp³-hybridized carbons (Fsp3) is 0.304. The molecule has 7 heteroatoms. The number of ether oxygens (including phenoxy) is 1. The summed E-state index contributed by atoms with van der Waals surface area (Å²) in [4.78, 5) is 43.8. The predicted octanol–water partition coefficient (Wildman–Crippen LogP) is 3.25. The number of amides is 1. The molecular formula is C23H25N3O4. The smallest absolute Gasteiger partial charge is 0.306 e. The highest BCUT2D eigenvalue weighted by Gasteiger charge is 2.24. The lowest BCUT2D eigenvalue weighted by Gasteiger charge is -2.27. The Hall–Kier alpha value is -3.48. The van der Waals surface area contributed by atoms with E-state index in [0.717, 1.165) is 0 Å². The summed E-state index contributed by atoms with van der Waals surface area (Å²) in [6.07, 6.45) is 0.0448. The number of carbonyl (C=O) groups excluding carboxylic acids is 2. The lowest BCUT2D eigenvalue weighted by molar-refractivity contribution is -0.145. The molecule has 0 saturated carbocycles. The maximum absolute atomic E-state index is 13.3. The highest BCUT2D eigenvalue weighted by Crippen LogP contribution is 2.22. The van der Waals surface area contributed by atoms with Gasteiger partial charge in [-0.2, -0.15) is 0 Å². The third-order valence-electron chi connectivity index (χ3n) is 5.01. The first-order valence-electron chi connectivity index (χ1n) is 9.92. The topological polar surface area (TPSA) is 81.5 Å². The minimum atomic E-state index is -0.489. The summed E-state index contributed by atoms with van der Waals surface area (Å²) < 4.78 is 6.43. The van der Waals surface area contributed by atoms with Crippen molar-refractivity contribution in [3.05, 3.63) is 70.8 Å². The van der Waals surface area contributed by atoms with Gasteiger partial charge in [-0.25, -0.2) is 4.98 Å². The van der Waals surface area contributed by atoms with Crippen molar-refractivity contribution in [2.24, 2.45) is 0 Å². The standard InChI is InChI=1S/C23H25N3O4/c1-4-30-21(28)15-14-20(27)25(3)16(2)22-24-19-13-9-8-12-18(19)23(29)26(22)17-10-6-5-7-11-17/h5-13,16H,4,14-15H2,1-3H3. The van der Waals surface area contributed by atoms with E-state index in [0.29, 0.717) is 22.4 Å². The SMILES string of the molecule is CCOC(=O)CCC(=O)N(C)C(C)c1nc2ccccc2c(=O)n1-c1ccccc1.